The van der Waals surface area contributed by atoms with Crippen molar-refractivity contribution in [2.75, 3.05) is 13.1 Å². The Labute approximate surface area is 190 Å². The number of nitrogens with zero attached hydrogens (tertiary/aromatic N) is 2. The van der Waals surface area contributed by atoms with Crippen molar-refractivity contribution in [2.24, 2.45) is 0 Å². The van der Waals surface area contributed by atoms with E-state index in [0.29, 0.717) is 16.7 Å². The maximum absolute atomic E-state index is 15.1. The van der Waals surface area contributed by atoms with E-state index in [9.17, 15) is 19.2 Å². The zero-order valence-corrected chi connectivity index (χ0v) is 18.8. The summed E-state index contributed by atoms with van der Waals surface area (Å²) in [7, 11) is 0. The minimum Gasteiger partial charge on any atom is -0.444 e. The standard InChI is InChI=1S/C23H27F2N3O5/c1-22(2,3)33-21(32)27-9-8-16(23(24,25)12-27)13-4-5-15-14(10-13)11-28(20(15)31)17-6-7-18(29)26-19(17)30/h4-5,10,16-17H,6-9,11-12H2,1-3H3,(H,26,29,30)/t16-,17?/m0/s1. The average Bonchev–Trinajstić information content (AvgIpc) is 3.01. The average molecular weight is 463 g/mol. The predicted octanol–water partition coefficient (Wildman–Crippen LogP) is 2.81. The van der Waals surface area contributed by atoms with Gasteiger partial charge in [-0.25, -0.2) is 13.6 Å². The molecule has 10 heteroatoms. The van der Waals surface area contributed by atoms with Gasteiger partial charge in [0.1, 0.15) is 11.6 Å². The minimum absolute atomic E-state index is 0.0514. The van der Waals surface area contributed by atoms with E-state index in [4.69, 9.17) is 4.74 Å². The van der Waals surface area contributed by atoms with Crippen LogP contribution < -0.4 is 5.32 Å². The molecule has 0 spiro atoms. The molecule has 0 saturated carbocycles. The first kappa shape index (κ1) is 23.1. The molecule has 1 N–H and O–H groups in total. The van der Waals surface area contributed by atoms with Gasteiger partial charge < -0.3 is 14.5 Å². The Morgan fingerprint density at radius 1 is 1.18 bits per heavy atom. The largest absolute Gasteiger partial charge is 0.444 e. The molecule has 3 heterocycles. The summed E-state index contributed by atoms with van der Waals surface area (Å²) in [6, 6.07) is 3.88. The number of fused-ring (bicyclic) bond motifs is 1. The van der Waals surface area contributed by atoms with E-state index in [-0.39, 0.29) is 44.2 Å². The van der Waals surface area contributed by atoms with E-state index in [1.54, 1.807) is 26.8 Å². The second-order valence-corrected chi connectivity index (χ2v) is 9.82. The Morgan fingerprint density at radius 3 is 2.55 bits per heavy atom. The zero-order valence-electron chi connectivity index (χ0n) is 18.8. The molecule has 0 radical (unpaired) electrons. The van der Waals surface area contributed by atoms with Crippen molar-refractivity contribution in [1.29, 1.82) is 0 Å². The third kappa shape index (κ3) is 4.56. The van der Waals surface area contributed by atoms with Crippen molar-refractivity contribution in [2.45, 2.75) is 70.1 Å². The first-order chi connectivity index (χ1) is 15.4. The maximum Gasteiger partial charge on any atom is 0.410 e. The number of imide groups is 1. The molecule has 2 fully saturated rings. The topological polar surface area (TPSA) is 96.0 Å². The number of rotatable bonds is 2. The number of amides is 4. The van der Waals surface area contributed by atoms with Crippen LogP contribution in [0.3, 0.4) is 0 Å². The molecular formula is C23H27F2N3O5. The summed E-state index contributed by atoms with van der Waals surface area (Å²) < 4.78 is 35.4. The fourth-order valence-corrected chi connectivity index (χ4v) is 4.64. The molecule has 3 aliphatic heterocycles. The quantitative estimate of drug-likeness (QED) is 0.681. The summed E-state index contributed by atoms with van der Waals surface area (Å²) in [5.41, 5.74) is 0.565. The van der Waals surface area contributed by atoms with Crippen LogP contribution in [0.2, 0.25) is 0 Å². The predicted molar refractivity (Wildman–Crippen MR) is 113 cm³/mol. The molecule has 1 unspecified atom stereocenters. The van der Waals surface area contributed by atoms with Crippen LogP contribution in [0.25, 0.3) is 0 Å². The molecule has 0 aromatic heterocycles. The highest BCUT2D eigenvalue weighted by Gasteiger charge is 2.48. The van der Waals surface area contributed by atoms with E-state index < -0.39 is 42.0 Å². The van der Waals surface area contributed by atoms with Crippen LogP contribution in [-0.2, 0) is 20.9 Å². The van der Waals surface area contributed by atoms with Crippen LogP contribution in [0, 0.1) is 0 Å². The van der Waals surface area contributed by atoms with Gasteiger partial charge in [-0.1, -0.05) is 12.1 Å². The molecule has 2 saturated heterocycles. The molecule has 33 heavy (non-hydrogen) atoms. The normalized spacial score (nSPS) is 25.1. The molecule has 4 rings (SSSR count). The second kappa shape index (κ2) is 8.07. The molecule has 3 aliphatic rings. The fourth-order valence-electron chi connectivity index (χ4n) is 4.64. The number of benzene rings is 1. The van der Waals surface area contributed by atoms with Gasteiger partial charge >= 0.3 is 6.09 Å². The first-order valence-corrected chi connectivity index (χ1v) is 11.0. The summed E-state index contributed by atoms with van der Waals surface area (Å²) in [5, 5.41) is 2.24. The number of nitrogens with one attached hydrogen (secondary N) is 1. The fraction of sp³-hybridized carbons (Fsp3) is 0.565. The summed E-state index contributed by atoms with van der Waals surface area (Å²) in [6.45, 7) is 4.55. The van der Waals surface area contributed by atoms with Crippen molar-refractivity contribution < 1.29 is 32.7 Å². The molecule has 178 valence electrons. The highest BCUT2D eigenvalue weighted by Crippen LogP contribution is 2.42. The third-order valence-corrected chi connectivity index (χ3v) is 6.20. The van der Waals surface area contributed by atoms with Gasteiger partial charge in [0.15, 0.2) is 0 Å². The molecule has 4 amide bonds. The number of ether oxygens (including phenoxy) is 1. The van der Waals surface area contributed by atoms with Crippen molar-refractivity contribution in [3.63, 3.8) is 0 Å². The lowest BCUT2D eigenvalue weighted by molar-refractivity contribution is -0.136. The Balaban J connectivity index is 1.49. The number of piperidine rings is 2. The molecule has 1 aromatic rings. The van der Waals surface area contributed by atoms with Crippen LogP contribution in [-0.4, -0.2) is 64.3 Å². The molecule has 8 nitrogen and oxygen atoms in total. The first-order valence-electron chi connectivity index (χ1n) is 11.0. The second-order valence-electron chi connectivity index (χ2n) is 9.82. The summed E-state index contributed by atoms with van der Waals surface area (Å²) in [5.74, 6) is -5.52. The zero-order chi connectivity index (χ0) is 24.1. The highest BCUT2D eigenvalue weighted by molar-refractivity contribution is 6.05. The van der Waals surface area contributed by atoms with Gasteiger partial charge in [0.2, 0.25) is 11.8 Å². The van der Waals surface area contributed by atoms with Gasteiger partial charge in [-0.3, -0.25) is 19.7 Å². The molecule has 1 aromatic carbocycles. The maximum atomic E-state index is 15.1. The third-order valence-electron chi connectivity index (χ3n) is 6.20. The molecular weight excluding hydrogens is 436 g/mol. The summed E-state index contributed by atoms with van der Waals surface area (Å²) in [4.78, 5) is 51.1. The number of likely N-dealkylation sites (tertiary alicyclic amines) is 1. The summed E-state index contributed by atoms with van der Waals surface area (Å²) >= 11 is 0. The molecule has 0 bridgehead atoms. The van der Waals surface area contributed by atoms with Gasteiger partial charge in [0.05, 0.1) is 12.5 Å². The highest BCUT2D eigenvalue weighted by atomic mass is 19.3. The van der Waals surface area contributed by atoms with Crippen molar-refractivity contribution in [3.05, 3.63) is 34.9 Å². The van der Waals surface area contributed by atoms with E-state index in [1.807, 2.05) is 0 Å². The van der Waals surface area contributed by atoms with Gasteiger partial charge in [-0.2, -0.15) is 0 Å². The van der Waals surface area contributed by atoms with Crippen molar-refractivity contribution in [3.8, 4) is 0 Å². The lowest BCUT2D eigenvalue weighted by Crippen LogP contribution is -2.52. The van der Waals surface area contributed by atoms with Crippen molar-refractivity contribution in [1.82, 2.24) is 15.1 Å². The minimum atomic E-state index is -3.17. The van der Waals surface area contributed by atoms with Gasteiger partial charge in [0, 0.05) is 25.1 Å². The Morgan fingerprint density at radius 2 is 1.91 bits per heavy atom. The van der Waals surface area contributed by atoms with Crippen molar-refractivity contribution >= 4 is 23.8 Å². The van der Waals surface area contributed by atoms with E-state index >= 15 is 8.78 Å². The Bertz CT molecular complexity index is 1020. The van der Waals surface area contributed by atoms with E-state index in [2.05, 4.69) is 5.32 Å². The Hall–Kier alpha value is -3.04. The SMILES string of the molecule is CC(C)(C)OC(=O)N1CC[C@@H](c2ccc3c(c2)CN(C2CCC(=O)NC2=O)C3=O)C(F)(F)C1. The van der Waals surface area contributed by atoms with Gasteiger partial charge in [-0.05, 0) is 50.8 Å². The van der Waals surface area contributed by atoms with Crippen LogP contribution in [0.15, 0.2) is 18.2 Å². The lowest BCUT2D eigenvalue weighted by Gasteiger charge is -2.39. The van der Waals surface area contributed by atoms with Gasteiger partial charge in [-0.15, -0.1) is 0 Å². The van der Waals surface area contributed by atoms with Crippen LogP contribution in [0.1, 0.15) is 67.4 Å². The van der Waals surface area contributed by atoms with E-state index in [0.717, 1.165) is 4.90 Å². The van der Waals surface area contributed by atoms with Crippen LogP contribution >= 0.6 is 0 Å². The number of carbonyl (C=O) groups is 4. The lowest BCUT2D eigenvalue weighted by atomic mass is 9.85. The monoisotopic (exact) mass is 463 g/mol. The van der Waals surface area contributed by atoms with Gasteiger partial charge in [0.25, 0.3) is 11.8 Å². The van der Waals surface area contributed by atoms with E-state index in [1.165, 1.54) is 17.0 Å². The Kier molecular flexibility index (Phi) is 5.66. The van der Waals surface area contributed by atoms with Crippen LogP contribution in [0.4, 0.5) is 13.6 Å². The number of carbonyl (C=O) groups excluding carboxylic acids is 4. The molecule has 2 atom stereocenters. The van der Waals surface area contributed by atoms with Crippen LogP contribution in [0.5, 0.6) is 0 Å². The number of hydrogen-bond acceptors (Lipinski definition) is 5. The number of hydrogen-bond donors (Lipinski definition) is 1. The smallest absolute Gasteiger partial charge is 0.410 e. The number of alkyl halides is 2. The summed E-state index contributed by atoms with van der Waals surface area (Å²) in [6.07, 6.45) is -0.335. The molecule has 0 aliphatic carbocycles. The number of halogens is 2.